The Labute approximate surface area is 107 Å². The second kappa shape index (κ2) is 4.67. The van der Waals surface area contributed by atoms with Gasteiger partial charge in [0.15, 0.2) is 4.60 Å². The Kier molecular flexibility index (Phi) is 3.23. The lowest BCUT2D eigenvalue weighted by Crippen LogP contribution is -2.09. The molecule has 0 aliphatic heterocycles. The molecule has 0 fully saturated rings. The van der Waals surface area contributed by atoms with E-state index in [0.717, 1.165) is 0 Å². The van der Waals surface area contributed by atoms with Crippen molar-refractivity contribution < 1.29 is 9.53 Å². The molecule has 0 spiro atoms. The molecule has 88 valence electrons. The molecule has 0 radical (unpaired) electrons. The Morgan fingerprint density at radius 3 is 2.82 bits per heavy atom. The fourth-order valence-corrected chi connectivity index (χ4v) is 1.98. The van der Waals surface area contributed by atoms with Gasteiger partial charge >= 0.3 is 0 Å². The zero-order valence-corrected chi connectivity index (χ0v) is 10.9. The van der Waals surface area contributed by atoms with E-state index in [9.17, 15) is 4.79 Å². The predicted octanol–water partition coefficient (Wildman–Crippen LogP) is 1.82. The molecule has 1 aromatic heterocycles. The lowest BCUT2D eigenvalue weighted by Gasteiger charge is -2.04. The largest absolute Gasteiger partial charge is 0.497 e. The number of aryl methyl sites for hydroxylation is 1. The summed E-state index contributed by atoms with van der Waals surface area (Å²) in [4.78, 5) is 12.2. The minimum atomic E-state index is -0.150. The maximum absolute atomic E-state index is 12.2. The third kappa shape index (κ3) is 2.21. The fourth-order valence-electron chi connectivity index (χ4n) is 1.47. The number of methoxy groups -OCH3 is 1. The molecule has 0 aliphatic carbocycles. The smallest absolute Gasteiger partial charge is 0.214 e. The van der Waals surface area contributed by atoms with Crippen molar-refractivity contribution >= 4 is 21.7 Å². The van der Waals surface area contributed by atoms with Crippen molar-refractivity contribution in [3.8, 4) is 5.75 Å². The predicted molar refractivity (Wildman–Crippen MR) is 65.1 cm³/mol. The average Bonchev–Trinajstić information content (AvgIpc) is 2.68. The van der Waals surface area contributed by atoms with Gasteiger partial charge < -0.3 is 4.74 Å². The molecule has 0 saturated heterocycles. The van der Waals surface area contributed by atoms with Crippen LogP contribution in [0.1, 0.15) is 16.1 Å². The first-order valence-electron chi connectivity index (χ1n) is 4.87. The molecule has 17 heavy (non-hydrogen) atoms. The van der Waals surface area contributed by atoms with Crippen molar-refractivity contribution in [2.45, 2.75) is 0 Å². The lowest BCUT2D eigenvalue weighted by atomic mass is 10.1. The van der Waals surface area contributed by atoms with E-state index in [1.807, 2.05) is 0 Å². The molecule has 0 amide bonds. The summed E-state index contributed by atoms with van der Waals surface area (Å²) < 4.78 is 6.96. The van der Waals surface area contributed by atoms with Crippen molar-refractivity contribution in [2.24, 2.45) is 7.05 Å². The highest BCUT2D eigenvalue weighted by atomic mass is 79.9. The van der Waals surface area contributed by atoms with Crippen LogP contribution in [0.2, 0.25) is 0 Å². The average molecular weight is 296 g/mol. The second-order valence-corrected chi connectivity index (χ2v) is 4.16. The highest BCUT2D eigenvalue weighted by Crippen LogP contribution is 2.19. The fraction of sp³-hybridized carbons (Fsp3) is 0.182. The number of nitrogens with zero attached hydrogens (tertiary/aromatic N) is 3. The number of halogens is 1. The van der Waals surface area contributed by atoms with Gasteiger partial charge in [-0.05, 0) is 28.1 Å². The van der Waals surface area contributed by atoms with Crippen LogP contribution in [0.5, 0.6) is 5.75 Å². The number of hydrogen-bond donors (Lipinski definition) is 0. The van der Waals surface area contributed by atoms with Crippen molar-refractivity contribution in [2.75, 3.05) is 7.11 Å². The highest BCUT2D eigenvalue weighted by molar-refractivity contribution is 9.10. The summed E-state index contributed by atoms with van der Waals surface area (Å²) in [5, 5.41) is 7.56. The van der Waals surface area contributed by atoms with Crippen LogP contribution in [0.15, 0.2) is 28.9 Å². The Balaban J connectivity index is 2.44. The van der Waals surface area contributed by atoms with Crippen LogP contribution in [0.3, 0.4) is 0 Å². The van der Waals surface area contributed by atoms with Crippen LogP contribution in [0, 0.1) is 0 Å². The van der Waals surface area contributed by atoms with E-state index in [1.54, 1.807) is 38.4 Å². The van der Waals surface area contributed by atoms with E-state index >= 15 is 0 Å². The summed E-state index contributed by atoms with van der Waals surface area (Å²) in [5.41, 5.74) is 0.953. The Bertz CT molecular complexity index is 546. The van der Waals surface area contributed by atoms with Gasteiger partial charge in [-0.2, -0.15) is 0 Å². The zero-order valence-electron chi connectivity index (χ0n) is 9.35. The van der Waals surface area contributed by atoms with Gasteiger partial charge in [0.05, 0.1) is 7.11 Å². The van der Waals surface area contributed by atoms with E-state index in [-0.39, 0.29) is 5.78 Å². The number of ketones is 1. The summed E-state index contributed by atoms with van der Waals surface area (Å²) >= 11 is 3.20. The Morgan fingerprint density at radius 1 is 1.47 bits per heavy atom. The van der Waals surface area contributed by atoms with E-state index < -0.39 is 0 Å². The number of benzene rings is 1. The van der Waals surface area contributed by atoms with Crippen LogP contribution < -0.4 is 4.74 Å². The summed E-state index contributed by atoms with van der Waals surface area (Å²) in [7, 11) is 3.23. The molecule has 0 atom stereocenters. The monoisotopic (exact) mass is 295 g/mol. The topological polar surface area (TPSA) is 57.0 Å². The van der Waals surface area contributed by atoms with Crippen LogP contribution in [0.25, 0.3) is 0 Å². The minimum Gasteiger partial charge on any atom is -0.497 e. The van der Waals surface area contributed by atoms with Crippen LogP contribution in [-0.4, -0.2) is 27.9 Å². The molecule has 1 aromatic carbocycles. The standard InChI is InChI=1S/C11H10BrN3O2/c1-15-9(11(12)13-14-15)10(16)7-4-3-5-8(6-7)17-2/h3-6H,1-2H3. The van der Waals surface area contributed by atoms with Crippen LogP contribution in [0.4, 0.5) is 0 Å². The number of ether oxygens (including phenoxy) is 1. The molecule has 0 bridgehead atoms. The number of carbonyl (C=O) groups is 1. The maximum atomic E-state index is 12.2. The zero-order chi connectivity index (χ0) is 12.4. The molecular weight excluding hydrogens is 286 g/mol. The minimum absolute atomic E-state index is 0.150. The van der Waals surface area contributed by atoms with Gasteiger partial charge in [0.1, 0.15) is 11.4 Å². The van der Waals surface area contributed by atoms with Gasteiger partial charge in [0, 0.05) is 12.6 Å². The molecule has 2 aromatic rings. The summed E-state index contributed by atoms with van der Waals surface area (Å²) in [5.74, 6) is 0.491. The molecule has 0 saturated carbocycles. The van der Waals surface area contributed by atoms with Crippen LogP contribution >= 0.6 is 15.9 Å². The summed E-state index contributed by atoms with van der Waals surface area (Å²) in [6.07, 6.45) is 0. The van der Waals surface area contributed by atoms with Gasteiger partial charge in [-0.3, -0.25) is 4.79 Å². The molecule has 2 rings (SSSR count). The van der Waals surface area contributed by atoms with Gasteiger partial charge in [0.2, 0.25) is 5.78 Å². The molecule has 1 heterocycles. The SMILES string of the molecule is COc1cccc(C(=O)c2c(Br)nnn2C)c1. The first-order valence-corrected chi connectivity index (χ1v) is 5.66. The molecular formula is C11H10BrN3O2. The van der Waals surface area contributed by atoms with Crippen molar-refractivity contribution in [3.05, 3.63) is 40.1 Å². The van der Waals surface area contributed by atoms with E-state index in [4.69, 9.17) is 4.74 Å². The molecule has 0 unspecified atom stereocenters. The first-order chi connectivity index (χ1) is 8.13. The second-order valence-electron chi connectivity index (χ2n) is 3.41. The van der Waals surface area contributed by atoms with Crippen LogP contribution in [-0.2, 0) is 7.05 Å². The first kappa shape index (κ1) is 11.8. The van der Waals surface area contributed by atoms with Crippen molar-refractivity contribution in [1.29, 1.82) is 0 Å². The molecule has 0 aliphatic rings. The normalized spacial score (nSPS) is 10.3. The van der Waals surface area contributed by atoms with Gasteiger partial charge in [-0.15, -0.1) is 5.10 Å². The summed E-state index contributed by atoms with van der Waals surface area (Å²) in [6.45, 7) is 0. The van der Waals surface area contributed by atoms with Gasteiger partial charge in [-0.25, -0.2) is 4.68 Å². The third-order valence-corrected chi connectivity index (χ3v) is 2.87. The Morgan fingerprint density at radius 2 is 2.24 bits per heavy atom. The molecule has 0 N–H and O–H groups in total. The number of rotatable bonds is 3. The van der Waals surface area contributed by atoms with Gasteiger partial charge in [-0.1, -0.05) is 17.3 Å². The quantitative estimate of drug-likeness (QED) is 0.811. The van der Waals surface area contributed by atoms with Crippen molar-refractivity contribution in [1.82, 2.24) is 15.0 Å². The number of aromatic nitrogens is 3. The number of hydrogen-bond acceptors (Lipinski definition) is 4. The van der Waals surface area contributed by atoms with Gasteiger partial charge in [0.25, 0.3) is 0 Å². The Hall–Kier alpha value is -1.69. The highest BCUT2D eigenvalue weighted by Gasteiger charge is 2.18. The third-order valence-electron chi connectivity index (χ3n) is 2.33. The number of carbonyl (C=O) groups excluding carboxylic acids is 1. The van der Waals surface area contributed by atoms with Crippen molar-refractivity contribution in [3.63, 3.8) is 0 Å². The maximum Gasteiger partial charge on any atom is 0.214 e. The van der Waals surface area contributed by atoms with E-state index in [1.165, 1.54) is 4.68 Å². The lowest BCUT2D eigenvalue weighted by molar-refractivity contribution is 0.102. The molecule has 5 nitrogen and oxygen atoms in total. The van der Waals surface area contributed by atoms with E-state index in [0.29, 0.717) is 21.6 Å². The van der Waals surface area contributed by atoms with E-state index in [2.05, 4.69) is 26.2 Å². The molecule has 6 heteroatoms. The summed E-state index contributed by atoms with van der Waals surface area (Å²) in [6, 6.07) is 6.96.